The van der Waals surface area contributed by atoms with Gasteiger partial charge in [-0.3, -0.25) is 0 Å². The summed E-state index contributed by atoms with van der Waals surface area (Å²) in [5.74, 6) is 1.83. The summed E-state index contributed by atoms with van der Waals surface area (Å²) in [5, 5.41) is 0. The Labute approximate surface area is 115 Å². The maximum absolute atomic E-state index is 11.5. The zero-order valence-corrected chi connectivity index (χ0v) is 12.6. The molecule has 1 saturated heterocycles. The van der Waals surface area contributed by atoms with Gasteiger partial charge >= 0.3 is 6.09 Å². The van der Waals surface area contributed by atoms with Crippen LogP contribution in [-0.2, 0) is 28.1 Å². The van der Waals surface area contributed by atoms with Crippen molar-refractivity contribution in [1.29, 1.82) is 0 Å². The number of likely N-dealkylation sites (tertiary alicyclic amines) is 1. The summed E-state index contributed by atoms with van der Waals surface area (Å²) >= 11 is 0. The molecule has 0 aromatic heterocycles. The Morgan fingerprint density at radius 1 is 1.35 bits per heavy atom. The smallest absolute Gasteiger partial charge is 0.410 e. The molecular weight excluding hydrogens is 257 g/mol. The van der Waals surface area contributed by atoms with Gasteiger partial charge in [-0.1, -0.05) is 13.8 Å². The third-order valence-electron chi connectivity index (χ3n) is 1.86. The molecule has 0 spiro atoms. The van der Waals surface area contributed by atoms with Gasteiger partial charge in [-0.25, -0.2) is 9.59 Å². The van der Waals surface area contributed by atoms with E-state index in [2.05, 4.69) is 0 Å². The Kier molecular flexibility index (Phi) is 9.23. The van der Waals surface area contributed by atoms with Crippen molar-refractivity contribution in [1.82, 2.24) is 4.90 Å². The molecule has 1 radical (unpaired) electrons. The van der Waals surface area contributed by atoms with Crippen LogP contribution < -0.4 is 0 Å². The van der Waals surface area contributed by atoms with E-state index in [1.807, 2.05) is 40.6 Å². The van der Waals surface area contributed by atoms with Crippen molar-refractivity contribution in [2.45, 2.75) is 46.6 Å². The van der Waals surface area contributed by atoms with Gasteiger partial charge in [-0.05, 0) is 27.2 Å². The molecule has 1 amide bonds. The van der Waals surface area contributed by atoms with Crippen LogP contribution in [0.5, 0.6) is 0 Å². The average molecular weight is 278 g/mol. The van der Waals surface area contributed by atoms with Crippen molar-refractivity contribution >= 4 is 12.0 Å². The van der Waals surface area contributed by atoms with E-state index in [4.69, 9.17) is 4.74 Å². The minimum absolute atomic E-state index is 0. The van der Waals surface area contributed by atoms with Crippen LogP contribution in [0, 0.1) is 0 Å². The van der Waals surface area contributed by atoms with E-state index < -0.39 is 5.60 Å². The van der Waals surface area contributed by atoms with Gasteiger partial charge in [0.2, 0.25) is 0 Å². The summed E-state index contributed by atoms with van der Waals surface area (Å²) in [7, 11) is 0. The zero-order valence-electron chi connectivity index (χ0n) is 11.2. The number of carbonyl (C=O) groups excluding carboxylic acids is 2. The second kappa shape index (κ2) is 8.40. The normalized spacial score (nSPS) is 14.2. The average Bonchev–Trinajstić information content (AvgIpc) is 2.66. The summed E-state index contributed by atoms with van der Waals surface area (Å²) in [5.41, 5.74) is 0.154. The number of nitrogens with zero attached hydrogens (tertiary/aromatic N) is 1. The van der Waals surface area contributed by atoms with Crippen LogP contribution in [0.3, 0.4) is 0 Å². The van der Waals surface area contributed by atoms with E-state index in [9.17, 15) is 9.59 Å². The van der Waals surface area contributed by atoms with Crippen molar-refractivity contribution in [3.63, 3.8) is 0 Å². The van der Waals surface area contributed by atoms with E-state index >= 15 is 0 Å². The van der Waals surface area contributed by atoms with E-state index in [-0.39, 0.29) is 24.6 Å². The molecule has 0 atom stereocenters. The molecule has 0 saturated carbocycles. The summed E-state index contributed by atoms with van der Waals surface area (Å²) in [6, 6.07) is 0. The molecule has 0 aromatic carbocycles. The zero-order chi connectivity index (χ0) is 12.8. The molecule has 0 unspecified atom stereocenters. The second-order valence-electron chi connectivity index (χ2n) is 4.36. The Hall–Kier alpha value is -0.696. The second-order valence-corrected chi connectivity index (χ2v) is 4.36. The van der Waals surface area contributed by atoms with Crippen molar-refractivity contribution < 1.29 is 32.9 Å². The topological polar surface area (TPSA) is 46.6 Å². The molecule has 97 valence electrons. The first-order valence-electron chi connectivity index (χ1n) is 5.63. The summed E-state index contributed by atoms with van der Waals surface area (Å²) < 4.78 is 5.16. The number of hydrogen-bond acceptors (Lipinski definition) is 3. The summed E-state index contributed by atoms with van der Waals surface area (Å²) in [6.45, 7) is 10.4. The van der Waals surface area contributed by atoms with Crippen molar-refractivity contribution in [2.24, 2.45) is 0 Å². The molecule has 17 heavy (non-hydrogen) atoms. The van der Waals surface area contributed by atoms with Crippen molar-refractivity contribution in [2.75, 3.05) is 13.1 Å². The number of ether oxygens (including phenoxy) is 1. The van der Waals surface area contributed by atoms with Gasteiger partial charge < -0.3 is 9.64 Å². The third-order valence-corrected chi connectivity index (χ3v) is 1.86. The van der Waals surface area contributed by atoms with Gasteiger partial charge in [-0.15, -0.1) is 0 Å². The van der Waals surface area contributed by atoms with Gasteiger partial charge in [-0.2, -0.15) is 0 Å². The van der Waals surface area contributed by atoms with Crippen LogP contribution in [0.4, 0.5) is 4.79 Å². The molecule has 1 aliphatic rings. The van der Waals surface area contributed by atoms with Gasteiger partial charge in [0.15, 0.2) is 0 Å². The van der Waals surface area contributed by atoms with E-state index in [1.54, 1.807) is 0 Å². The summed E-state index contributed by atoms with van der Waals surface area (Å²) in [4.78, 5) is 23.3. The van der Waals surface area contributed by atoms with Gasteiger partial charge in [0, 0.05) is 30.7 Å². The largest absolute Gasteiger partial charge is 0.444 e. The maximum Gasteiger partial charge on any atom is 0.410 e. The molecule has 0 bridgehead atoms. The Bertz CT molecular complexity index is 291. The first kappa shape index (κ1) is 18.7. The quantitative estimate of drug-likeness (QED) is 0.639. The minimum Gasteiger partial charge on any atom is -0.444 e. The Morgan fingerprint density at radius 2 is 1.88 bits per heavy atom. The van der Waals surface area contributed by atoms with Crippen molar-refractivity contribution in [3.8, 4) is 0 Å². The van der Waals surface area contributed by atoms with Gasteiger partial charge in [0.25, 0.3) is 0 Å². The SMILES string of the molecule is CC.CC(C)(C)OC(=O)N1CCC(=C=O)C1.[V]. The van der Waals surface area contributed by atoms with Crippen LogP contribution in [0.15, 0.2) is 5.57 Å². The number of hydrogen-bond donors (Lipinski definition) is 0. The fraction of sp³-hybridized carbons (Fsp3) is 0.750. The maximum atomic E-state index is 11.5. The van der Waals surface area contributed by atoms with Gasteiger partial charge in [0.1, 0.15) is 11.5 Å². The molecule has 1 fully saturated rings. The first-order chi connectivity index (χ1) is 7.42. The first-order valence-corrected chi connectivity index (χ1v) is 5.63. The van der Waals surface area contributed by atoms with Gasteiger partial charge in [0.05, 0.1) is 6.54 Å². The fourth-order valence-electron chi connectivity index (χ4n) is 1.22. The molecule has 1 rings (SSSR count). The van der Waals surface area contributed by atoms with Crippen LogP contribution in [0.25, 0.3) is 0 Å². The van der Waals surface area contributed by atoms with E-state index in [1.165, 1.54) is 4.90 Å². The van der Waals surface area contributed by atoms with Crippen LogP contribution >= 0.6 is 0 Å². The Morgan fingerprint density at radius 3 is 2.24 bits per heavy atom. The minimum atomic E-state index is -0.481. The fourth-order valence-corrected chi connectivity index (χ4v) is 1.22. The molecule has 4 nitrogen and oxygen atoms in total. The van der Waals surface area contributed by atoms with Crippen LogP contribution in [0.1, 0.15) is 41.0 Å². The van der Waals surface area contributed by atoms with Crippen LogP contribution in [0.2, 0.25) is 0 Å². The van der Waals surface area contributed by atoms with Crippen molar-refractivity contribution in [3.05, 3.63) is 5.57 Å². The predicted molar refractivity (Wildman–Crippen MR) is 63.0 cm³/mol. The monoisotopic (exact) mass is 278 g/mol. The molecular formula is C12H21NO3V. The molecule has 0 aromatic rings. The molecule has 1 heterocycles. The molecule has 0 N–H and O–H groups in total. The molecule has 1 aliphatic heterocycles. The Balaban J connectivity index is 0. The summed E-state index contributed by atoms with van der Waals surface area (Å²) in [6.07, 6.45) is 0.255. The predicted octanol–water partition coefficient (Wildman–Crippen LogP) is 2.41. The standard InChI is InChI=1S/C10H15NO3.C2H6.V/c1-10(2,3)14-9(13)11-5-4-8(6-11)7-12;1-2;/h4-6H2,1-3H3;1-2H3;. The number of carbonyl (C=O) groups is 1. The molecule has 5 heteroatoms. The van der Waals surface area contributed by atoms with Crippen LogP contribution in [-0.4, -0.2) is 35.6 Å². The van der Waals surface area contributed by atoms with E-state index in [0.717, 1.165) is 0 Å². The van der Waals surface area contributed by atoms with E-state index in [0.29, 0.717) is 25.1 Å². The third kappa shape index (κ3) is 7.27. The number of amides is 1. The molecule has 0 aliphatic carbocycles. The number of rotatable bonds is 0.